The van der Waals surface area contributed by atoms with Crippen LogP contribution in [0, 0.1) is 5.92 Å². The molecule has 1 aromatic carbocycles. The van der Waals surface area contributed by atoms with Gasteiger partial charge in [-0.05, 0) is 17.5 Å². The number of hydrogen-bond acceptors (Lipinski definition) is 3. The van der Waals surface area contributed by atoms with E-state index in [1.807, 2.05) is 31.2 Å². The first kappa shape index (κ1) is 12.1. The van der Waals surface area contributed by atoms with E-state index in [2.05, 4.69) is 0 Å². The maximum absolute atomic E-state index is 11.7. The van der Waals surface area contributed by atoms with Gasteiger partial charge in [0.05, 0.1) is 18.6 Å². The summed E-state index contributed by atoms with van der Waals surface area (Å²) in [5.41, 5.74) is 1.29. The highest BCUT2D eigenvalue weighted by Crippen LogP contribution is 2.37. The molecule has 0 saturated heterocycles. The Morgan fingerprint density at radius 2 is 1.94 bits per heavy atom. The quantitative estimate of drug-likeness (QED) is 0.810. The predicted molar refractivity (Wildman–Crippen MR) is 64.6 cm³/mol. The average Bonchev–Trinajstić information content (AvgIpc) is 2.66. The molecule has 0 bridgehead atoms. The van der Waals surface area contributed by atoms with Gasteiger partial charge < -0.3 is 9.84 Å². The number of esters is 1. The van der Waals surface area contributed by atoms with Crippen molar-refractivity contribution < 1.29 is 14.6 Å². The Labute approximate surface area is 101 Å². The molecule has 1 aromatic rings. The molecule has 3 heteroatoms. The van der Waals surface area contributed by atoms with Gasteiger partial charge in [0.1, 0.15) is 0 Å². The van der Waals surface area contributed by atoms with E-state index in [0.717, 1.165) is 11.1 Å². The number of benzene rings is 1. The molecule has 0 radical (unpaired) electrons. The van der Waals surface area contributed by atoms with Crippen molar-refractivity contribution in [3.8, 4) is 0 Å². The van der Waals surface area contributed by atoms with E-state index in [-0.39, 0.29) is 5.97 Å². The molecule has 1 aliphatic carbocycles. The lowest BCUT2D eigenvalue weighted by molar-refractivity contribution is -0.155. The minimum absolute atomic E-state index is 0.317. The Morgan fingerprint density at radius 1 is 1.41 bits per heavy atom. The van der Waals surface area contributed by atoms with E-state index >= 15 is 0 Å². The Balaban J connectivity index is 2.26. The first-order chi connectivity index (χ1) is 8.10. The molecule has 1 atom stereocenters. The molecule has 1 N–H and O–H groups in total. The lowest BCUT2D eigenvalue weighted by atomic mass is 9.83. The summed E-state index contributed by atoms with van der Waals surface area (Å²) in [6.07, 6.45) is 1.67. The number of fused-ring (bicyclic) bond motifs is 1. The van der Waals surface area contributed by atoms with Crippen LogP contribution in [-0.2, 0) is 22.4 Å². The largest absolute Gasteiger partial charge is 0.469 e. The van der Waals surface area contributed by atoms with Gasteiger partial charge >= 0.3 is 5.97 Å². The molecule has 1 aliphatic rings. The summed E-state index contributed by atoms with van der Waals surface area (Å²) in [6, 6.07) is 7.95. The van der Waals surface area contributed by atoms with Gasteiger partial charge in [-0.2, -0.15) is 0 Å². The van der Waals surface area contributed by atoms with E-state index in [1.165, 1.54) is 7.11 Å². The maximum Gasteiger partial charge on any atom is 0.311 e. The van der Waals surface area contributed by atoms with Gasteiger partial charge in [0.15, 0.2) is 0 Å². The predicted octanol–water partition coefficient (Wildman–Crippen LogP) is 1.72. The molecule has 0 amide bonds. The summed E-state index contributed by atoms with van der Waals surface area (Å²) in [5.74, 6) is -0.761. The average molecular weight is 234 g/mol. The van der Waals surface area contributed by atoms with Crippen LogP contribution in [0.3, 0.4) is 0 Å². The van der Waals surface area contributed by atoms with E-state index in [1.54, 1.807) is 0 Å². The van der Waals surface area contributed by atoms with Crippen molar-refractivity contribution in [2.75, 3.05) is 7.11 Å². The minimum Gasteiger partial charge on any atom is -0.469 e. The number of methoxy groups -OCH3 is 1. The van der Waals surface area contributed by atoms with Gasteiger partial charge in [0.25, 0.3) is 0 Å². The van der Waals surface area contributed by atoms with E-state index < -0.39 is 11.5 Å². The lowest BCUT2D eigenvalue weighted by Gasteiger charge is -2.29. The highest BCUT2D eigenvalue weighted by atomic mass is 16.5. The second-order valence-electron chi connectivity index (χ2n) is 4.71. The van der Waals surface area contributed by atoms with E-state index in [4.69, 9.17) is 4.74 Å². The molecule has 0 saturated carbocycles. The van der Waals surface area contributed by atoms with Crippen LogP contribution in [0.25, 0.3) is 0 Å². The molecule has 0 heterocycles. The zero-order chi connectivity index (χ0) is 12.5. The summed E-state index contributed by atoms with van der Waals surface area (Å²) in [4.78, 5) is 11.7. The molecular formula is C14H18O3. The highest BCUT2D eigenvalue weighted by Gasteiger charge is 2.45. The molecular weight excluding hydrogens is 216 g/mol. The number of aliphatic hydroxyl groups is 1. The summed E-state index contributed by atoms with van der Waals surface area (Å²) in [6.45, 7) is 1.91. The highest BCUT2D eigenvalue weighted by molar-refractivity contribution is 5.74. The van der Waals surface area contributed by atoms with Crippen LogP contribution in [0.4, 0.5) is 0 Å². The van der Waals surface area contributed by atoms with Gasteiger partial charge in [0, 0.05) is 12.8 Å². The SMILES string of the molecule is CCC(C(=O)OC)C1(O)Cc2ccccc2C1. The fourth-order valence-corrected chi connectivity index (χ4v) is 2.78. The Morgan fingerprint density at radius 3 is 2.35 bits per heavy atom. The van der Waals surface area contributed by atoms with Gasteiger partial charge in [0.2, 0.25) is 0 Å². The summed E-state index contributed by atoms with van der Waals surface area (Å²) in [7, 11) is 1.37. The molecule has 1 unspecified atom stereocenters. The zero-order valence-corrected chi connectivity index (χ0v) is 10.3. The lowest BCUT2D eigenvalue weighted by Crippen LogP contribution is -2.43. The Hall–Kier alpha value is -1.35. The smallest absolute Gasteiger partial charge is 0.311 e. The molecule has 3 nitrogen and oxygen atoms in total. The maximum atomic E-state index is 11.7. The summed E-state index contributed by atoms with van der Waals surface area (Å²) >= 11 is 0. The number of hydrogen-bond donors (Lipinski definition) is 1. The van der Waals surface area contributed by atoms with Crippen molar-refractivity contribution in [1.29, 1.82) is 0 Å². The van der Waals surface area contributed by atoms with E-state index in [0.29, 0.717) is 19.3 Å². The first-order valence-electron chi connectivity index (χ1n) is 5.97. The monoisotopic (exact) mass is 234 g/mol. The van der Waals surface area contributed by atoms with Gasteiger partial charge in [-0.25, -0.2) is 0 Å². The number of rotatable bonds is 3. The molecule has 2 rings (SSSR count). The van der Waals surface area contributed by atoms with Crippen LogP contribution in [0.5, 0.6) is 0 Å². The van der Waals surface area contributed by atoms with Crippen LogP contribution in [0.15, 0.2) is 24.3 Å². The van der Waals surface area contributed by atoms with Crippen LogP contribution in [-0.4, -0.2) is 23.8 Å². The third-order valence-electron chi connectivity index (χ3n) is 3.65. The first-order valence-corrected chi connectivity index (χ1v) is 5.97. The van der Waals surface area contributed by atoms with Gasteiger partial charge in [-0.15, -0.1) is 0 Å². The number of ether oxygens (including phenoxy) is 1. The van der Waals surface area contributed by atoms with Crippen molar-refractivity contribution >= 4 is 5.97 Å². The van der Waals surface area contributed by atoms with Crippen molar-refractivity contribution in [1.82, 2.24) is 0 Å². The Kier molecular flexibility index (Phi) is 3.20. The second-order valence-corrected chi connectivity index (χ2v) is 4.71. The summed E-state index contributed by atoms with van der Waals surface area (Å²) in [5, 5.41) is 10.7. The van der Waals surface area contributed by atoms with Crippen molar-refractivity contribution in [2.45, 2.75) is 31.8 Å². The standard InChI is InChI=1S/C14H18O3/c1-3-12(13(15)17-2)14(16)8-10-6-4-5-7-11(10)9-14/h4-7,12,16H,3,8-9H2,1-2H3. The number of carbonyl (C=O) groups excluding carboxylic acids is 1. The molecule has 0 spiro atoms. The van der Waals surface area contributed by atoms with Gasteiger partial charge in [-0.3, -0.25) is 4.79 Å². The van der Waals surface area contributed by atoms with Crippen molar-refractivity contribution in [3.05, 3.63) is 35.4 Å². The normalized spacial score (nSPS) is 18.5. The van der Waals surface area contributed by atoms with Crippen LogP contribution in [0.2, 0.25) is 0 Å². The second kappa shape index (κ2) is 4.49. The topological polar surface area (TPSA) is 46.5 Å². The third kappa shape index (κ3) is 2.07. The fourth-order valence-electron chi connectivity index (χ4n) is 2.78. The molecule has 0 fully saturated rings. The third-order valence-corrected chi connectivity index (χ3v) is 3.65. The fraction of sp³-hybridized carbons (Fsp3) is 0.500. The van der Waals surface area contributed by atoms with Crippen LogP contribution in [0.1, 0.15) is 24.5 Å². The Bertz CT molecular complexity index is 400. The zero-order valence-electron chi connectivity index (χ0n) is 10.3. The van der Waals surface area contributed by atoms with Crippen molar-refractivity contribution in [2.24, 2.45) is 5.92 Å². The molecule has 17 heavy (non-hydrogen) atoms. The minimum atomic E-state index is -0.981. The number of carbonyl (C=O) groups is 1. The summed E-state index contributed by atoms with van der Waals surface area (Å²) < 4.78 is 4.78. The van der Waals surface area contributed by atoms with Crippen LogP contribution < -0.4 is 0 Å². The van der Waals surface area contributed by atoms with Crippen molar-refractivity contribution in [3.63, 3.8) is 0 Å². The van der Waals surface area contributed by atoms with Gasteiger partial charge in [-0.1, -0.05) is 31.2 Å². The molecule has 0 aliphatic heterocycles. The van der Waals surface area contributed by atoms with E-state index in [9.17, 15) is 9.90 Å². The molecule has 0 aromatic heterocycles. The van der Waals surface area contributed by atoms with Crippen LogP contribution >= 0.6 is 0 Å². The molecule has 92 valence electrons.